The molecule has 1 aromatic heterocycles. The number of nitrogens with one attached hydrogen (secondary N) is 2. The largest absolute Gasteiger partial charge is 0.507 e. The minimum Gasteiger partial charge on any atom is -0.507 e. The summed E-state index contributed by atoms with van der Waals surface area (Å²) < 4.78 is 5.22. The van der Waals surface area contributed by atoms with E-state index < -0.39 is 0 Å². The molecule has 25 heavy (non-hydrogen) atoms. The number of aryl methyl sites for hydroxylation is 2. The number of nitrogens with zero attached hydrogens (tertiary/aromatic N) is 1. The minimum atomic E-state index is -0.341. The zero-order valence-electron chi connectivity index (χ0n) is 14.3. The molecule has 0 aliphatic heterocycles. The molecule has 3 rings (SSSR count). The van der Waals surface area contributed by atoms with E-state index in [1.165, 1.54) is 0 Å². The molecule has 6 heteroatoms. The average Bonchev–Trinajstić information content (AvgIpc) is 3.08. The normalized spacial score (nSPS) is 10.5. The van der Waals surface area contributed by atoms with Gasteiger partial charge < -0.3 is 15.2 Å². The number of H-pyrrole nitrogens is 1. The molecule has 0 bridgehead atoms. The van der Waals surface area contributed by atoms with Gasteiger partial charge in [-0.05, 0) is 55.3 Å². The van der Waals surface area contributed by atoms with E-state index >= 15 is 0 Å². The molecule has 6 nitrogen and oxygen atoms in total. The Kier molecular flexibility index (Phi) is 4.43. The molecular formula is C19H19N3O3. The Morgan fingerprint density at radius 2 is 1.88 bits per heavy atom. The molecule has 1 heterocycles. The first-order valence-corrected chi connectivity index (χ1v) is 7.80. The predicted octanol–water partition coefficient (Wildman–Crippen LogP) is 3.66. The van der Waals surface area contributed by atoms with Crippen molar-refractivity contribution in [3.8, 4) is 22.8 Å². The van der Waals surface area contributed by atoms with Gasteiger partial charge in [0.15, 0.2) is 0 Å². The number of ether oxygens (including phenoxy) is 1. The zero-order chi connectivity index (χ0) is 18.0. The quantitative estimate of drug-likeness (QED) is 0.678. The number of phenolic OH excluding ortho intramolecular Hbond substituents is 1. The molecule has 3 N–H and O–H groups in total. The number of anilines is 1. The fourth-order valence-corrected chi connectivity index (χ4v) is 2.52. The van der Waals surface area contributed by atoms with Gasteiger partial charge in [0, 0.05) is 5.56 Å². The molecule has 2 aromatic carbocycles. The Morgan fingerprint density at radius 1 is 1.16 bits per heavy atom. The summed E-state index contributed by atoms with van der Waals surface area (Å²) in [6.07, 6.45) is 0. The Hall–Kier alpha value is -3.28. The van der Waals surface area contributed by atoms with Crippen LogP contribution in [0.1, 0.15) is 21.6 Å². The monoisotopic (exact) mass is 337 g/mol. The molecule has 0 radical (unpaired) electrons. The first-order valence-electron chi connectivity index (χ1n) is 7.80. The van der Waals surface area contributed by atoms with Gasteiger partial charge >= 0.3 is 0 Å². The second-order valence-electron chi connectivity index (χ2n) is 5.77. The van der Waals surface area contributed by atoms with Crippen molar-refractivity contribution in [3.05, 3.63) is 59.3 Å². The summed E-state index contributed by atoms with van der Waals surface area (Å²) in [5.41, 5.74) is 3.97. The van der Waals surface area contributed by atoms with Crippen molar-refractivity contribution in [2.45, 2.75) is 13.8 Å². The maximum atomic E-state index is 12.4. The van der Waals surface area contributed by atoms with Crippen LogP contribution in [0.25, 0.3) is 11.3 Å². The first kappa shape index (κ1) is 16.6. The zero-order valence-corrected chi connectivity index (χ0v) is 14.3. The van der Waals surface area contributed by atoms with E-state index in [0.29, 0.717) is 28.4 Å². The third kappa shape index (κ3) is 3.33. The molecule has 0 saturated carbocycles. The lowest BCUT2D eigenvalue weighted by Crippen LogP contribution is -2.13. The lowest BCUT2D eigenvalue weighted by molar-refractivity contribution is 0.102. The van der Waals surface area contributed by atoms with Crippen LogP contribution in [0.2, 0.25) is 0 Å². The van der Waals surface area contributed by atoms with E-state index in [0.717, 1.165) is 11.1 Å². The van der Waals surface area contributed by atoms with Crippen molar-refractivity contribution in [1.82, 2.24) is 10.2 Å². The van der Waals surface area contributed by atoms with Gasteiger partial charge in [-0.15, -0.1) is 0 Å². The Balaban J connectivity index is 1.86. The number of carbonyl (C=O) groups excluding carboxylic acids is 1. The summed E-state index contributed by atoms with van der Waals surface area (Å²) in [4.78, 5) is 12.4. The number of phenols is 1. The van der Waals surface area contributed by atoms with Crippen LogP contribution in [-0.4, -0.2) is 28.3 Å². The van der Waals surface area contributed by atoms with Crippen LogP contribution in [0.15, 0.2) is 42.5 Å². The van der Waals surface area contributed by atoms with Gasteiger partial charge in [0.1, 0.15) is 17.2 Å². The number of amides is 1. The van der Waals surface area contributed by atoms with E-state index in [1.807, 2.05) is 32.0 Å². The van der Waals surface area contributed by atoms with Crippen molar-refractivity contribution in [2.75, 3.05) is 12.4 Å². The minimum absolute atomic E-state index is 0.131. The average molecular weight is 337 g/mol. The Morgan fingerprint density at radius 3 is 2.64 bits per heavy atom. The first-order chi connectivity index (χ1) is 12.0. The van der Waals surface area contributed by atoms with Crippen LogP contribution >= 0.6 is 0 Å². The number of aromatic nitrogens is 2. The number of hydrogen-bond acceptors (Lipinski definition) is 4. The second-order valence-corrected chi connectivity index (χ2v) is 5.77. The van der Waals surface area contributed by atoms with Crippen molar-refractivity contribution >= 4 is 11.6 Å². The molecule has 0 aliphatic carbocycles. The molecule has 1 amide bonds. The Bertz CT molecular complexity index is 931. The molecule has 0 spiro atoms. The third-order valence-electron chi connectivity index (χ3n) is 4.07. The number of aromatic hydroxyl groups is 1. The second kappa shape index (κ2) is 6.68. The standard InChI is InChI=1S/C19H19N3O3/c1-11-8-13(17(23)9-12(11)2)15-10-16(22-21-15)19(24)20-14-6-4-5-7-18(14)25-3/h4-10,23H,1-3H3,(H,20,24)(H,21,22). The topological polar surface area (TPSA) is 87.2 Å². The molecule has 0 aliphatic rings. The van der Waals surface area contributed by atoms with E-state index in [2.05, 4.69) is 15.5 Å². The summed E-state index contributed by atoms with van der Waals surface area (Å²) in [6, 6.07) is 12.3. The molecule has 0 fully saturated rings. The van der Waals surface area contributed by atoms with E-state index in [-0.39, 0.29) is 11.7 Å². The highest BCUT2D eigenvalue weighted by Crippen LogP contribution is 2.31. The van der Waals surface area contributed by atoms with E-state index in [1.54, 1.807) is 31.4 Å². The summed E-state index contributed by atoms with van der Waals surface area (Å²) in [5.74, 6) is 0.361. The highest BCUT2D eigenvalue weighted by atomic mass is 16.5. The van der Waals surface area contributed by atoms with Crippen LogP contribution in [0.4, 0.5) is 5.69 Å². The number of rotatable bonds is 4. The highest BCUT2D eigenvalue weighted by Gasteiger charge is 2.15. The SMILES string of the molecule is COc1ccccc1NC(=O)c1cc(-c2cc(C)c(C)cc2O)n[nH]1. The lowest BCUT2D eigenvalue weighted by Gasteiger charge is -2.08. The van der Waals surface area contributed by atoms with Crippen molar-refractivity contribution < 1.29 is 14.6 Å². The predicted molar refractivity (Wildman–Crippen MR) is 96.1 cm³/mol. The van der Waals surface area contributed by atoms with Crippen LogP contribution < -0.4 is 10.1 Å². The number of methoxy groups -OCH3 is 1. The van der Waals surface area contributed by atoms with Crippen LogP contribution in [0.3, 0.4) is 0 Å². The Labute approximate surface area is 145 Å². The summed E-state index contributed by atoms with van der Waals surface area (Å²) in [6.45, 7) is 3.88. The summed E-state index contributed by atoms with van der Waals surface area (Å²) in [7, 11) is 1.54. The van der Waals surface area contributed by atoms with Crippen molar-refractivity contribution in [2.24, 2.45) is 0 Å². The maximum absolute atomic E-state index is 12.4. The van der Waals surface area contributed by atoms with Gasteiger partial charge in [-0.25, -0.2) is 0 Å². The maximum Gasteiger partial charge on any atom is 0.273 e. The van der Waals surface area contributed by atoms with Gasteiger partial charge in [0.05, 0.1) is 18.5 Å². The number of aromatic amines is 1. The van der Waals surface area contributed by atoms with Gasteiger partial charge in [0.2, 0.25) is 0 Å². The molecule has 0 saturated heterocycles. The number of para-hydroxylation sites is 2. The van der Waals surface area contributed by atoms with Crippen molar-refractivity contribution in [1.29, 1.82) is 0 Å². The fraction of sp³-hybridized carbons (Fsp3) is 0.158. The molecule has 0 unspecified atom stereocenters. The van der Waals surface area contributed by atoms with E-state index in [9.17, 15) is 9.90 Å². The van der Waals surface area contributed by atoms with Crippen LogP contribution in [0, 0.1) is 13.8 Å². The van der Waals surface area contributed by atoms with Gasteiger partial charge in [0.25, 0.3) is 5.91 Å². The number of carbonyl (C=O) groups is 1. The van der Waals surface area contributed by atoms with Gasteiger partial charge in [-0.3, -0.25) is 9.89 Å². The molecule has 128 valence electrons. The van der Waals surface area contributed by atoms with Gasteiger partial charge in [-0.1, -0.05) is 12.1 Å². The van der Waals surface area contributed by atoms with Gasteiger partial charge in [-0.2, -0.15) is 5.10 Å². The fourth-order valence-electron chi connectivity index (χ4n) is 2.52. The number of benzene rings is 2. The summed E-state index contributed by atoms with van der Waals surface area (Å²) >= 11 is 0. The van der Waals surface area contributed by atoms with E-state index in [4.69, 9.17) is 4.74 Å². The lowest BCUT2D eigenvalue weighted by atomic mass is 10.0. The highest BCUT2D eigenvalue weighted by molar-refractivity contribution is 6.04. The van der Waals surface area contributed by atoms with Crippen LogP contribution in [-0.2, 0) is 0 Å². The number of hydrogen-bond donors (Lipinski definition) is 3. The molecule has 0 atom stereocenters. The van der Waals surface area contributed by atoms with Crippen LogP contribution in [0.5, 0.6) is 11.5 Å². The smallest absolute Gasteiger partial charge is 0.273 e. The molecular weight excluding hydrogens is 318 g/mol. The third-order valence-corrected chi connectivity index (χ3v) is 4.07. The molecule has 3 aromatic rings. The van der Waals surface area contributed by atoms with Crippen molar-refractivity contribution in [3.63, 3.8) is 0 Å². The summed E-state index contributed by atoms with van der Waals surface area (Å²) in [5, 5.41) is 19.8.